The van der Waals surface area contributed by atoms with Crippen LogP contribution < -0.4 is 14.8 Å². The number of nitrogens with zero attached hydrogens (tertiary/aromatic N) is 5. The van der Waals surface area contributed by atoms with Crippen LogP contribution in [0.15, 0.2) is 42.7 Å². The summed E-state index contributed by atoms with van der Waals surface area (Å²) in [7, 11) is 0. The minimum absolute atomic E-state index is 0.00861. The molecule has 0 amide bonds. The summed E-state index contributed by atoms with van der Waals surface area (Å²) in [4.78, 5) is 20.3. The summed E-state index contributed by atoms with van der Waals surface area (Å²) in [5.74, 6) is 2.26. The molecule has 1 aliphatic rings. The van der Waals surface area contributed by atoms with Gasteiger partial charge in [-0.15, -0.1) is 0 Å². The fourth-order valence-electron chi connectivity index (χ4n) is 3.00. The lowest BCUT2D eigenvalue weighted by Crippen LogP contribution is -2.15. The van der Waals surface area contributed by atoms with E-state index in [0.29, 0.717) is 47.5 Å². The third-order valence-corrected chi connectivity index (χ3v) is 5.30. The SMILES string of the molecule is O=[N+]([O-])c1cc2c(NCc3ccc4c(c3)OCCO4)nc(-n3cccn3)nc2s1. The van der Waals surface area contributed by atoms with Gasteiger partial charge in [0.05, 0.1) is 10.3 Å². The fourth-order valence-corrected chi connectivity index (χ4v) is 3.84. The second-order valence-corrected chi connectivity index (χ2v) is 7.22. The van der Waals surface area contributed by atoms with Crippen LogP contribution in [-0.4, -0.2) is 37.9 Å². The summed E-state index contributed by atoms with van der Waals surface area (Å²) >= 11 is 1.00. The number of nitro groups is 1. The van der Waals surface area contributed by atoms with Crippen LogP contribution in [0, 0.1) is 10.1 Å². The molecule has 0 atom stereocenters. The van der Waals surface area contributed by atoms with Gasteiger partial charge < -0.3 is 14.8 Å². The van der Waals surface area contributed by atoms with Gasteiger partial charge in [-0.25, -0.2) is 4.68 Å². The predicted octanol–water partition coefficient (Wildman–Crippen LogP) is 3.17. The molecule has 0 bridgehead atoms. The third kappa shape index (κ3) is 3.31. The Morgan fingerprint density at radius 3 is 2.86 bits per heavy atom. The van der Waals surface area contributed by atoms with E-state index in [2.05, 4.69) is 20.4 Å². The van der Waals surface area contributed by atoms with Crippen LogP contribution in [0.2, 0.25) is 0 Å². The highest BCUT2D eigenvalue weighted by molar-refractivity contribution is 7.21. The van der Waals surface area contributed by atoms with Crippen molar-refractivity contribution in [3.8, 4) is 17.4 Å². The average molecular weight is 410 g/mol. The Kier molecular flexibility index (Phi) is 4.21. The molecule has 0 saturated carbocycles. The summed E-state index contributed by atoms with van der Waals surface area (Å²) < 4.78 is 12.7. The zero-order valence-electron chi connectivity index (χ0n) is 14.9. The highest BCUT2D eigenvalue weighted by atomic mass is 32.1. The Balaban J connectivity index is 1.50. The summed E-state index contributed by atoms with van der Waals surface area (Å²) in [6.07, 6.45) is 3.33. The highest BCUT2D eigenvalue weighted by Gasteiger charge is 2.19. The Morgan fingerprint density at radius 2 is 2.07 bits per heavy atom. The lowest BCUT2D eigenvalue weighted by molar-refractivity contribution is -0.380. The summed E-state index contributed by atoms with van der Waals surface area (Å²) in [6.45, 7) is 1.50. The van der Waals surface area contributed by atoms with Gasteiger partial charge in [-0.1, -0.05) is 6.07 Å². The van der Waals surface area contributed by atoms with Crippen LogP contribution in [0.3, 0.4) is 0 Å². The molecular formula is C18H14N6O4S. The van der Waals surface area contributed by atoms with Crippen molar-refractivity contribution in [3.05, 3.63) is 58.4 Å². The molecule has 11 heteroatoms. The van der Waals surface area contributed by atoms with Crippen LogP contribution in [0.25, 0.3) is 16.2 Å². The normalized spacial score (nSPS) is 12.8. The second kappa shape index (κ2) is 7.02. The molecule has 0 radical (unpaired) electrons. The lowest BCUT2D eigenvalue weighted by atomic mass is 10.2. The summed E-state index contributed by atoms with van der Waals surface area (Å²) in [5.41, 5.74) is 0.964. The quantitative estimate of drug-likeness (QED) is 0.394. The van der Waals surface area contributed by atoms with E-state index in [1.54, 1.807) is 18.5 Å². The molecule has 146 valence electrons. The fraction of sp³-hybridized carbons (Fsp3) is 0.167. The summed E-state index contributed by atoms with van der Waals surface area (Å²) in [5, 5.41) is 19.2. The number of ether oxygens (including phenoxy) is 2. The topological polar surface area (TPSA) is 117 Å². The first-order valence-electron chi connectivity index (χ1n) is 8.76. The van der Waals surface area contributed by atoms with Crippen molar-refractivity contribution in [1.29, 1.82) is 0 Å². The average Bonchev–Trinajstić information content (AvgIpc) is 3.41. The van der Waals surface area contributed by atoms with Crippen molar-refractivity contribution in [2.45, 2.75) is 6.54 Å². The van der Waals surface area contributed by atoms with Gasteiger partial charge in [0.1, 0.15) is 23.9 Å². The molecule has 0 fully saturated rings. The van der Waals surface area contributed by atoms with Gasteiger partial charge in [-0.2, -0.15) is 15.1 Å². The van der Waals surface area contributed by atoms with Crippen molar-refractivity contribution in [2.24, 2.45) is 0 Å². The van der Waals surface area contributed by atoms with Crippen LogP contribution in [-0.2, 0) is 6.54 Å². The minimum atomic E-state index is -0.426. The molecule has 0 aliphatic carbocycles. The Bertz CT molecular complexity index is 1210. The van der Waals surface area contributed by atoms with Crippen LogP contribution >= 0.6 is 11.3 Å². The third-order valence-electron chi connectivity index (χ3n) is 4.32. The standard InChI is InChI=1S/C18H14N6O4S/c25-24(26)15-9-12-16(21-18(22-17(12)29-15)23-5-1-4-20-23)19-10-11-2-3-13-14(8-11)28-7-6-27-13/h1-5,8-9H,6-7,10H2,(H,19,21,22). The second-order valence-electron chi connectivity index (χ2n) is 6.21. The van der Waals surface area contributed by atoms with E-state index in [1.807, 2.05) is 18.2 Å². The van der Waals surface area contributed by atoms with Crippen molar-refractivity contribution in [3.63, 3.8) is 0 Å². The molecule has 29 heavy (non-hydrogen) atoms. The molecule has 4 heterocycles. The van der Waals surface area contributed by atoms with Gasteiger partial charge in [0, 0.05) is 25.0 Å². The molecule has 5 rings (SSSR count). The number of fused-ring (bicyclic) bond motifs is 2. The molecule has 0 spiro atoms. The van der Waals surface area contributed by atoms with E-state index in [0.717, 1.165) is 22.6 Å². The Labute approximate surface area is 167 Å². The van der Waals surface area contributed by atoms with E-state index in [4.69, 9.17) is 9.47 Å². The molecule has 0 saturated heterocycles. The molecule has 4 aromatic rings. The van der Waals surface area contributed by atoms with E-state index >= 15 is 0 Å². The smallest absolute Gasteiger partial charge is 0.326 e. The van der Waals surface area contributed by atoms with E-state index in [-0.39, 0.29) is 5.00 Å². The van der Waals surface area contributed by atoms with Crippen molar-refractivity contribution < 1.29 is 14.4 Å². The Morgan fingerprint density at radius 1 is 1.21 bits per heavy atom. The van der Waals surface area contributed by atoms with Gasteiger partial charge in [0.25, 0.3) is 5.95 Å². The molecule has 0 unspecified atom stereocenters. The molecular weight excluding hydrogens is 396 g/mol. The van der Waals surface area contributed by atoms with Gasteiger partial charge >= 0.3 is 5.00 Å². The first-order chi connectivity index (χ1) is 14.2. The predicted molar refractivity (Wildman–Crippen MR) is 106 cm³/mol. The van der Waals surface area contributed by atoms with Gasteiger partial charge in [-0.3, -0.25) is 10.1 Å². The number of anilines is 1. The number of nitrogens with one attached hydrogen (secondary N) is 1. The zero-order valence-corrected chi connectivity index (χ0v) is 15.8. The van der Waals surface area contributed by atoms with Crippen molar-refractivity contribution in [1.82, 2.24) is 19.7 Å². The molecule has 1 aromatic carbocycles. The number of rotatable bonds is 5. The molecule has 10 nitrogen and oxygen atoms in total. The number of hydrogen-bond donors (Lipinski definition) is 1. The highest BCUT2D eigenvalue weighted by Crippen LogP contribution is 2.35. The van der Waals surface area contributed by atoms with Crippen LogP contribution in [0.5, 0.6) is 11.5 Å². The maximum Gasteiger partial charge on any atom is 0.326 e. The summed E-state index contributed by atoms with van der Waals surface area (Å²) in [6, 6.07) is 8.95. The molecule has 1 N–H and O–H groups in total. The zero-order chi connectivity index (χ0) is 19.8. The lowest BCUT2D eigenvalue weighted by Gasteiger charge is -2.19. The minimum Gasteiger partial charge on any atom is -0.486 e. The molecule has 1 aliphatic heterocycles. The molecule has 3 aromatic heterocycles. The monoisotopic (exact) mass is 410 g/mol. The number of thiophene rings is 1. The van der Waals surface area contributed by atoms with Crippen LogP contribution in [0.4, 0.5) is 10.8 Å². The van der Waals surface area contributed by atoms with E-state index in [9.17, 15) is 10.1 Å². The van der Waals surface area contributed by atoms with Crippen LogP contribution in [0.1, 0.15) is 5.56 Å². The maximum atomic E-state index is 11.2. The maximum absolute atomic E-state index is 11.2. The number of benzene rings is 1. The number of hydrogen-bond acceptors (Lipinski definition) is 9. The van der Waals surface area contributed by atoms with Gasteiger partial charge in [-0.05, 0) is 35.1 Å². The largest absolute Gasteiger partial charge is 0.486 e. The van der Waals surface area contributed by atoms with Crippen molar-refractivity contribution in [2.75, 3.05) is 18.5 Å². The number of aromatic nitrogens is 4. The first-order valence-corrected chi connectivity index (χ1v) is 9.57. The van der Waals surface area contributed by atoms with E-state index < -0.39 is 4.92 Å². The van der Waals surface area contributed by atoms with Gasteiger partial charge in [0.15, 0.2) is 11.5 Å². The Hall–Kier alpha value is -3.73. The van der Waals surface area contributed by atoms with E-state index in [1.165, 1.54) is 10.7 Å². The van der Waals surface area contributed by atoms with Gasteiger partial charge in [0.2, 0.25) is 0 Å². The van der Waals surface area contributed by atoms with Crippen molar-refractivity contribution >= 4 is 32.4 Å². The first kappa shape index (κ1) is 17.4.